The maximum Gasteiger partial charge on any atom is 0.573 e. The smallest absolute Gasteiger partial charge is 0.508 e. The zero-order valence-corrected chi connectivity index (χ0v) is 13.5. The maximum atomic E-state index is 12.5. The minimum atomic E-state index is -4.73. The van der Waals surface area contributed by atoms with Crippen molar-refractivity contribution in [1.82, 2.24) is 10.2 Å². The number of nitrogens with zero attached hydrogens (tertiary/aromatic N) is 1. The fourth-order valence-electron chi connectivity index (χ4n) is 3.95. The van der Waals surface area contributed by atoms with Gasteiger partial charge in [-0.25, -0.2) is 0 Å². The summed E-state index contributed by atoms with van der Waals surface area (Å²) in [6, 6.07) is 3.76. The van der Waals surface area contributed by atoms with E-state index < -0.39 is 6.36 Å². The van der Waals surface area contributed by atoms with Crippen LogP contribution in [-0.2, 0) is 0 Å². The Bertz CT molecular complexity index is 553. The Balaban J connectivity index is 1.91. The highest BCUT2D eigenvalue weighted by Crippen LogP contribution is 2.43. The molecule has 1 saturated heterocycles. The highest BCUT2D eigenvalue weighted by atomic mass is 19.4. The molecule has 2 N–H and O–H groups in total. The number of piperazine rings is 1. The topological polar surface area (TPSA) is 44.7 Å². The number of alkyl halides is 3. The Morgan fingerprint density at radius 1 is 1.17 bits per heavy atom. The third kappa shape index (κ3) is 4.13. The van der Waals surface area contributed by atoms with Crippen molar-refractivity contribution in [2.24, 2.45) is 5.92 Å². The van der Waals surface area contributed by atoms with Gasteiger partial charge in [0.15, 0.2) is 0 Å². The van der Waals surface area contributed by atoms with Crippen LogP contribution in [0.5, 0.6) is 11.5 Å². The van der Waals surface area contributed by atoms with E-state index in [1.165, 1.54) is 12.1 Å². The van der Waals surface area contributed by atoms with Gasteiger partial charge in [0.25, 0.3) is 0 Å². The molecule has 2 fully saturated rings. The van der Waals surface area contributed by atoms with Crippen molar-refractivity contribution in [2.75, 3.05) is 26.2 Å². The molecule has 4 nitrogen and oxygen atoms in total. The summed E-state index contributed by atoms with van der Waals surface area (Å²) in [4.78, 5) is 2.28. The molecule has 134 valence electrons. The fourth-order valence-corrected chi connectivity index (χ4v) is 3.95. The standard InChI is InChI=1S/C17H23F3N2O2/c18-17(19,20)24-13-5-6-15(23)14(11-13)16(12-3-1-2-4-12)22-9-7-21-8-10-22/h5-6,11-12,16,21,23H,1-4,7-10H2/t16-/m1/s1. The van der Waals surface area contributed by atoms with E-state index in [0.717, 1.165) is 57.9 Å². The van der Waals surface area contributed by atoms with Crippen molar-refractivity contribution in [3.8, 4) is 11.5 Å². The molecule has 1 aliphatic heterocycles. The van der Waals surface area contributed by atoms with Gasteiger partial charge in [0.05, 0.1) is 0 Å². The Hall–Kier alpha value is -1.47. The predicted octanol–water partition coefficient (Wildman–Crippen LogP) is 3.43. The van der Waals surface area contributed by atoms with Crippen molar-refractivity contribution < 1.29 is 23.0 Å². The van der Waals surface area contributed by atoms with Crippen molar-refractivity contribution in [3.63, 3.8) is 0 Å². The summed E-state index contributed by atoms with van der Waals surface area (Å²) in [5, 5.41) is 13.6. The first-order valence-electron chi connectivity index (χ1n) is 8.47. The summed E-state index contributed by atoms with van der Waals surface area (Å²) in [6.45, 7) is 3.35. The molecule has 0 aromatic heterocycles. The molecule has 0 radical (unpaired) electrons. The molecule has 1 aromatic carbocycles. The molecule has 1 aromatic rings. The van der Waals surface area contributed by atoms with Crippen LogP contribution in [-0.4, -0.2) is 42.5 Å². The second kappa shape index (κ2) is 7.19. The van der Waals surface area contributed by atoms with Crippen LogP contribution in [0.25, 0.3) is 0 Å². The number of benzene rings is 1. The summed E-state index contributed by atoms with van der Waals surface area (Å²) >= 11 is 0. The largest absolute Gasteiger partial charge is 0.573 e. The van der Waals surface area contributed by atoms with Gasteiger partial charge >= 0.3 is 6.36 Å². The van der Waals surface area contributed by atoms with Crippen molar-refractivity contribution >= 4 is 0 Å². The number of aromatic hydroxyl groups is 1. The average Bonchev–Trinajstić information content (AvgIpc) is 3.04. The molecular weight excluding hydrogens is 321 g/mol. The van der Waals surface area contributed by atoms with E-state index >= 15 is 0 Å². The highest BCUT2D eigenvalue weighted by molar-refractivity contribution is 5.42. The molecule has 1 aliphatic carbocycles. The van der Waals surface area contributed by atoms with E-state index in [4.69, 9.17) is 0 Å². The number of nitrogens with one attached hydrogen (secondary N) is 1. The van der Waals surface area contributed by atoms with Crippen LogP contribution in [0.3, 0.4) is 0 Å². The molecule has 24 heavy (non-hydrogen) atoms. The van der Waals surface area contributed by atoms with Gasteiger partial charge in [-0.15, -0.1) is 13.2 Å². The van der Waals surface area contributed by atoms with Crippen LogP contribution < -0.4 is 10.1 Å². The van der Waals surface area contributed by atoms with E-state index in [1.54, 1.807) is 0 Å². The molecular formula is C17H23F3N2O2. The van der Waals surface area contributed by atoms with Gasteiger partial charge in [-0.1, -0.05) is 12.8 Å². The summed E-state index contributed by atoms with van der Waals surface area (Å²) in [6.07, 6.45) is -0.386. The van der Waals surface area contributed by atoms with E-state index in [9.17, 15) is 18.3 Å². The van der Waals surface area contributed by atoms with E-state index in [1.807, 2.05) is 0 Å². The van der Waals surface area contributed by atoms with Crippen molar-refractivity contribution in [1.29, 1.82) is 0 Å². The highest BCUT2D eigenvalue weighted by Gasteiger charge is 2.35. The second-order valence-electron chi connectivity index (χ2n) is 6.54. The Kier molecular flexibility index (Phi) is 5.20. The van der Waals surface area contributed by atoms with Crippen LogP contribution in [0.1, 0.15) is 37.3 Å². The molecule has 1 saturated carbocycles. The fraction of sp³-hybridized carbons (Fsp3) is 0.647. The summed E-state index contributed by atoms with van der Waals surface area (Å²) in [5.41, 5.74) is 0.547. The Labute approximate surface area is 139 Å². The molecule has 1 atom stereocenters. The summed E-state index contributed by atoms with van der Waals surface area (Å²) < 4.78 is 41.6. The Morgan fingerprint density at radius 2 is 1.83 bits per heavy atom. The number of phenols is 1. The molecule has 0 spiro atoms. The van der Waals surface area contributed by atoms with Gasteiger partial charge in [-0.05, 0) is 37.0 Å². The summed E-state index contributed by atoms with van der Waals surface area (Å²) in [7, 11) is 0. The molecule has 2 aliphatic rings. The van der Waals surface area contributed by atoms with Gasteiger partial charge < -0.3 is 15.2 Å². The number of hydrogen-bond donors (Lipinski definition) is 2. The SMILES string of the molecule is Oc1ccc(OC(F)(F)F)cc1[C@@H](C1CCCC1)N1CCNCC1. The van der Waals surface area contributed by atoms with Gasteiger partial charge in [-0.2, -0.15) is 0 Å². The average molecular weight is 344 g/mol. The minimum absolute atomic E-state index is 0.0416. The monoisotopic (exact) mass is 344 g/mol. The molecule has 3 rings (SSSR count). The lowest BCUT2D eigenvalue weighted by molar-refractivity contribution is -0.274. The van der Waals surface area contributed by atoms with Crippen LogP contribution in [0.4, 0.5) is 13.2 Å². The number of ether oxygens (including phenoxy) is 1. The van der Waals surface area contributed by atoms with Gasteiger partial charge in [0.1, 0.15) is 11.5 Å². The zero-order chi connectivity index (χ0) is 17.2. The zero-order valence-electron chi connectivity index (χ0n) is 13.5. The first kappa shape index (κ1) is 17.4. The van der Waals surface area contributed by atoms with Crippen LogP contribution >= 0.6 is 0 Å². The molecule has 1 heterocycles. The van der Waals surface area contributed by atoms with Crippen LogP contribution in [0, 0.1) is 5.92 Å². The predicted molar refractivity (Wildman–Crippen MR) is 83.9 cm³/mol. The van der Waals surface area contributed by atoms with Crippen molar-refractivity contribution in [3.05, 3.63) is 23.8 Å². The third-order valence-electron chi connectivity index (χ3n) is 4.94. The van der Waals surface area contributed by atoms with E-state index in [-0.39, 0.29) is 17.5 Å². The van der Waals surface area contributed by atoms with Gasteiger partial charge in [-0.3, -0.25) is 4.90 Å². The van der Waals surface area contributed by atoms with E-state index in [0.29, 0.717) is 11.5 Å². The first-order chi connectivity index (χ1) is 11.4. The lowest BCUT2D eigenvalue weighted by Crippen LogP contribution is -2.46. The van der Waals surface area contributed by atoms with Crippen LogP contribution in [0.2, 0.25) is 0 Å². The van der Waals surface area contributed by atoms with Crippen LogP contribution in [0.15, 0.2) is 18.2 Å². The number of halogens is 3. The number of rotatable bonds is 4. The molecule has 0 amide bonds. The lowest BCUT2D eigenvalue weighted by Gasteiger charge is -2.39. The Morgan fingerprint density at radius 3 is 2.46 bits per heavy atom. The lowest BCUT2D eigenvalue weighted by atomic mass is 9.89. The molecule has 7 heteroatoms. The van der Waals surface area contributed by atoms with E-state index in [2.05, 4.69) is 15.0 Å². The molecule has 0 unspecified atom stereocenters. The maximum absolute atomic E-state index is 12.5. The normalized spacial score (nSPS) is 21.8. The second-order valence-corrected chi connectivity index (χ2v) is 6.54. The van der Waals surface area contributed by atoms with Gasteiger partial charge in [0, 0.05) is 37.8 Å². The minimum Gasteiger partial charge on any atom is -0.508 e. The molecule has 0 bridgehead atoms. The van der Waals surface area contributed by atoms with Gasteiger partial charge in [0.2, 0.25) is 0 Å². The first-order valence-corrected chi connectivity index (χ1v) is 8.47. The number of hydrogen-bond acceptors (Lipinski definition) is 4. The quantitative estimate of drug-likeness (QED) is 0.878. The third-order valence-corrected chi connectivity index (χ3v) is 4.94. The summed E-state index contributed by atoms with van der Waals surface area (Å²) in [5.74, 6) is 0.128. The van der Waals surface area contributed by atoms with Crippen molar-refractivity contribution in [2.45, 2.75) is 38.1 Å². The number of phenolic OH excluding ortho intramolecular Hbond substituents is 1.